The maximum atomic E-state index is 16.5. The normalized spacial score (nSPS) is 29.2. The van der Waals surface area contributed by atoms with E-state index in [0.717, 1.165) is 0 Å². The number of hydrogen-bond donors (Lipinski definition) is 2. The van der Waals surface area contributed by atoms with Gasteiger partial charge in [-0.2, -0.15) is 0 Å². The van der Waals surface area contributed by atoms with Crippen LogP contribution in [0.1, 0.15) is 144 Å². The molecule has 0 unspecified atom stereocenters. The van der Waals surface area contributed by atoms with Gasteiger partial charge in [0, 0.05) is 44.1 Å². The van der Waals surface area contributed by atoms with Crippen LogP contribution in [0.2, 0.25) is 36.3 Å². The number of Topliss-reactive ketones (excluding diaryl/α,β-unsaturated/α-hetero) is 1. The van der Waals surface area contributed by atoms with Gasteiger partial charge < -0.3 is 43.0 Å². The average molecular weight is 1060 g/mol. The molecule has 2 saturated carbocycles. The van der Waals surface area contributed by atoms with Crippen LogP contribution >= 0.6 is 0 Å². The van der Waals surface area contributed by atoms with Crippen LogP contribution in [0.25, 0.3) is 0 Å². The second kappa shape index (κ2) is 23.4. The van der Waals surface area contributed by atoms with E-state index >= 15 is 9.59 Å². The van der Waals surface area contributed by atoms with Crippen LogP contribution in [0.15, 0.2) is 71.8 Å². The van der Waals surface area contributed by atoms with Crippen molar-refractivity contribution >= 4 is 52.2 Å². The molecule has 2 aromatic carbocycles. The van der Waals surface area contributed by atoms with E-state index in [-0.39, 0.29) is 31.4 Å². The molecular formula is C57H83NO14Si2. The fraction of sp³-hybridized carbons (Fsp3) is 0.649. The largest absolute Gasteiger partial charge is 0.459 e. The summed E-state index contributed by atoms with van der Waals surface area (Å²) in [5.74, 6) is -5.36. The SMILES string of the molecule is CCCCC(=O)O[C@H]1[C@@H]2[C@]3(OC(C)=O)CO[C@@H]3C[C@H](O[Si](CC)(CC)CC)[C@@]2(C)C(=O)[C@H](OC(C)=O)C2=C(C)[C@@H](OC(=O)[C@H](O[Si](CC)(CC)CC)[C@@H](NC(=O)c3ccccc3)c3ccccc3)C[C@]1(O)C2(C)C. The van der Waals surface area contributed by atoms with E-state index in [1.165, 1.54) is 13.8 Å². The highest BCUT2D eigenvalue weighted by atomic mass is 28.4. The Kier molecular flexibility index (Phi) is 18.6. The van der Waals surface area contributed by atoms with Crippen LogP contribution in [0.4, 0.5) is 0 Å². The molecule has 11 atom stereocenters. The molecule has 2 bridgehead atoms. The number of unbranched alkanes of at least 4 members (excludes halogenated alkanes) is 1. The van der Waals surface area contributed by atoms with E-state index < -0.39 is 123 Å². The van der Waals surface area contributed by atoms with Gasteiger partial charge in [0.15, 0.2) is 40.2 Å². The summed E-state index contributed by atoms with van der Waals surface area (Å²) in [5.41, 5.74) is -5.78. The molecule has 408 valence electrons. The van der Waals surface area contributed by atoms with E-state index in [1.807, 2.05) is 45.9 Å². The van der Waals surface area contributed by atoms with E-state index in [9.17, 15) is 24.3 Å². The Labute approximate surface area is 440 Å². The molecule has 1 aliphatic heterocycles. The molecular weight excluding hydrogens is 979 g/mol. The minimum Gasteiger partial charge on any atom is -0.459 e. The van der Waals surface area contributed by atoms with Crippen LogP contribution in [0.5, 0.6) is 0 Å². The van der Waals surface area contributed by atoms with Gasteiger partial charge in [-0.1, -0.05) is 117 Å². The summed E-state index contributed by atoms with van der Waals surface area (Å²) in [6.07, 6.45) is -7.06. The van der Waals surface area contributed by atoms with Gasteiger partial charge in [0.1, 0.15) is 23.9 Å². The lowest BCUT2D eigenvalue weighted by Crippen LogP contribution is -2.82. The summed E-state index contributed by atoms with van der Waals surface area (Å²) in [5, 5.41) is 17.4. The smallest absolute Gasteiger partial charge is 0.337 e. The number of ketones is 1. The summed E-state index contributed by atoms with van der Waals surface area (Å²) >= 11 is 0. The zero-order valence-electron chi connectivity index (χ0n) is 46.1. The molecule has 17 heteroatoms. The highest BCUT2D eigenvalue weighted by Crippen LogP contribution is 2.65. The summed E-state index contributed by atoms with van der Waals surface area (Å²) < 4.78 is 46.9. The monoisotopic (exact) mass is 1060 g/mol. The van der Waals surface area contributed by atoms with Crippen molar-refractivity contribution in [2.75, 3.05) is 6.61 Å². The van der Waals surface area contributed by atoms with E-state index in [4.69, 9.17) is 32.5 Å². The summed E-state index contributed by atoms with van der Waals surface area (Å²) in [6, 6.07) is 20.7. The topological polar surface area (TPSA) is 199 Å². The van der Waals surface area contributed by atoms with Gasteiger partial charge in [-0.25, -0.2) is 4.79 Å². The molecule has 15 nitrogen and oxygen atoms in total. The molecule has 2 N–H and O–H groups in total. The van der Waals surface area contributed by atoms with Crippen molar-refractivity contribution in [1.29, 1.82) is 0 Å². The van der Waals surface area contributed by atoms with Gasteiger partial charge in [0.05, 0.1) is 30.1 Å². The van der Waals surface area contributed by atoms with E-state index in [1.54, 1.807) is 70.2 Å². The first kappa shape index (κ1) is 58.7. The Morgan fingerprint density at radius 1 is 0.797 bits per heavy atom. The van der Waals surface area contributed by atoms with Crippen LogP contribution in [0.3, 0.4) is 0 Å². The molecule has 1 saturated heterocycles. The van der Waals surface area contributed by atoms with Crippen molar-refractivity contribution in [3.63, 3.8) is 0 Å². The second-order valence-electron chi connectivity index (χ2n) is 21.8. The molecule has 2 aromatic rings. The number of fused-ring (bicyclic) bond motifs is 5. The van der Waals surface area contributed by atoms with Crippen molar-refractivity contribution in [3.8, 4) is 0 Å². The van der Waals surface area contributed by atoms with Gasteiger partial charge in [-0.15, -0.1) is 0 Å². The summed E-state index contributed by atoms with van der Waals surface area (Å²) in [7, 11) is -5.35. The number of hydrogen-bond acceptors (Lipinski definition) is 14. The molecule has 3 aliphatic carbocycles. The third kappa shape index (κ3) is 10.8. The third-order valence-corrected chi connectivity index (χ3v) is 27.1. The highest BCUT2D eigenvalue weighted by Gasteiger charge is 2.79. The average Bonchev–Trinajstić information content (AvgIpc) is 3.38. The number of amides is 1. The molecule has 0 spiro atoms. The van der Waals surface area contributed by atoms with Crippen LogP contribution in [-0.2, 0) is 56.5 Å². The molecule has 4 aliphatic rings. The van der Waals surface area contributed by atoms with Gasteiger partial charge in [0.2, 0.25) is 0 Å². The fourth-order valence-electron chi connectivity index (χ4n) is 12.8. The number of ether oxygens (including phenoxy) is 5. The fourth-order valence-corrected chi connectivity index (χ4v) is 18.5. The minimum absolute atomic E-state index is 0.0262. The highest BCUT2D eigenvalue weighted by molar-refractivity contribution is 6.74. The first-order valence-corrected chi connectivity index (χ1v) is 32.2. The molecule has 6 rings (SSSR count). The summed E-state index contributed by atoms with van der Waals surface area (Å²) in [6.45, 7) is 23.3. The van der Waals surface area contributed by atoms with Gasteiger partial charge >= 0.3 is 23.9 Å². The van der Waals surface area contributed by atoms with Crippen LogP contribution < -0.4 is 5.32 Å². The minimum atomic E-state index is -2.73. The lowest BCUT2D eigenvalue weighted by molar-refractivity contribution is -0.346. The lowest BCUT2D eigenvalue weighted by atomic mass is 9.44. The van der Waals surface area contributed by atoms with Crippen LogP contribution in [-0.4, -0.2) is 112 Å². The molecule has 0 radical (unpaired) electrons. The number of aliphatic hydroxyl groups is 1. The predicted molar refractivity (Wildman–Crippen MR) is 284 cm³/mol. The van der Waals surface area contributed by atoms with E-state index in [0.29, 0.717) is 65.8 Å². The van der Waals surface area contributed by atoms with Gasteiger partial charge in [-0.3, -0.25) is 24.0 Å². The van der Waals surface area contributed by atoms with Crippen molar-refractivity contribution < 1.29 is 66.4 Å². The molecule has 0 aromatic heterocycles. The first-order chi connectivity index (χ1) is 35.0. The Balaban J connectivity index is 1.63. The number of benzene rings is 2. The Morgan fingerprint density at radius 2 is 1.38 bits per heavy atom. The quantitative estimate of drug-likeness (QED) is 0.0489. The van der Waals surface area contributed by atoms with Crippen LogP contribution in [0, 0.1) is 16.7 Å². The zero-order chi connectivity index (χ0) is 54.6. The Hall–Kier alpha value is -4.53. The van der Waals surface area contributed by atoms with E-state index in [2.05, 4.69) is 26.1 Å². The maximum absolute atomic E-state index is 16.5. The van der Waals surface area contributed by atoms with Gasteiger partial charge in [0.25, 0.3) is 5.91 Å². The molecule has 74 heavy (non-hydrogen) atoms. The van der Waals surface area contributed by atoms with Crippen molar-refractivity contribution in [2.24, 2.45) is 16.7 Å². The summed E-state index contributed by atoms with van der Waals surface area (Å²) in [4.78, 5) is 87.9. The second-order valence-corrected chi connectivity index (χ2v) is 31.3. The maximum Gasteiger partial charge on any atom is 0.337 e. The molecule has 3 fully saturated rings. The van der Waals surface area contributed by atoms with Crippen molar-refractivity contribution in [2.45, 2.75) is 212 Å². The molecule has 1 amide bonds. The number of rotatable bonds is 22. The van der Waals surface area contributed by atoms with Crippen molar-refractivity contribution in [1.82, 2.24) is 5.32 Å². The number of nitrogens with one attached hydrogen (secondary N) is 1. The third-order valence-electron chi connectivity index (χ3n) is 17.8. The number of carbonyl (C=O) groups excluding carboxylic acids is 6. The zero-order valence-corrected chi connectivity index (χ0v) is 48.1. The lowest BCUT2D eigenvalue weighted by Gasteiger charge is -2.68. The van der Waals surface area contributed by atoms with Crippen molar-refractivity contribution in [3.05, 3.63) is 82.9 Å². The number of esters is 4. The molecule has 1 heterocycles. The standard InChI is InChI=1S/C57H83NO14Si2/c1-14-21-32-44(61)69-51-49-55(13,42(71-73(15-2,16-3)17-4)33-43-56(49,35-66-43)70-38(10)60)50(62)47(67-37(9)59)45-36(8)41(34-57(51,65)54(45,11)12)68-53(64)48(72-74(18-5,19-6)20-7)46(39-28-24-22-25-29-39)58-52(63)40-30-26-23-27-31-40/h22-31,41-43,46-49,51,65H,14-21,32-35H2,1-13H3,(H,58,63)/t41-,42-,43+,46-,47+,48+,49-,51-,55+,56-,57+/m0/s1. The van der Waals surface area contributed by atoms with Gasteiger partial charge in [-0.05, 0) is 85.4 Å². The first-order valence-electron chi connectivity index (χ1n) is 27.1. The Bertz CT molecular complexity index is 2370. The predicted octanol–water partition coefficient (Wildman–Crippen LogP) is 9.67. The Morgan fingerprint density at radius 3 is 1.89 bits per heavy atom. The number of carbonyl (C=O) groups is 6.